The van der Waals surface area contributed by atoms with Crippen LogP contribution in [0.3, 0.4) is 0 Å². The van der Waals surface area contributed by atoms with E-state index in [9.17, 15) is 9.59 Å². The number of carbonyl (C=O) groups excluding carboxylic acids is 2. The molecular formula is C14H20BrN3O2. The van der Waals surface area contributed by atoms with Crippen molar-refractivity contribution in [3.05, 3.63) is 28.2 Å². The Hall–Kier alpha value is -1.40. The Balaban J connectivity index is 2.53. The number of nitrogens with one attached hydrogen (secondary N) is 1. The van der Waals surface area contributed by atoms with Crippen LogP contribution in [-0.2, 0) is 9.59 Å². The third-order valence-electron chi connectivity index (χ3n) is 2.72. The van der Waals surface area contributed by atoms with Gasteiger partial charge in [-0.05, 0) is 47.6 Å². The highest BCUT2D eigenvalue weighted by atomic mass is 79.9. The van der Waals surface area contributed by atoms with Crippen LogP contribution in [0.25, 0.3) is 0 Å². The van der Waals surface area contributed by atoms with E-state index >= 15 is 0 Å². The molecule has 0 radical (unpaired) electrons. The van der Waals surface area contributed by atoms with Crippen LogP contribution in [0.15, 0.2) is 22.7 Å². The van der Waals surface area contributed by atoms with E-state index in [1.807, 2.05) is 25.1 Å². The lowest BCUT2D eigenvalue weighted by atomic mass is 10.2. The fourth-order valence-corrected chi connectivity index (χ4v) is 2.18. The van der Waals surface area contributed by atoms with Crippen molar-refractivity contribution in [2.24, 2.45) is 0 Å². The van der Waals surface area contributed by atoms with Gasteiger partial charge in [0.25, 0.3) is 0 Å². The molecule has 1 N–H and O–H groups in total. The summed E-state index contributed by atoms with van der Waals surface area (Å²) >= 11 is 3.41. The number of likely N-dealkylation sites (N-methyl/N-ethyl adjacent to an activating group) is 2. The van der Waals surface area contributed by atoms with Crippen molar-refractivity contribution in [1.29, 1.82) is 0 Å². The number of anilines is 1. The molecule has 0 aliphatic heterocycles. The quantitative estimate of drug-likeness (QED) is 0.887. The maximum Gasteiger partial charge on any atom is 0.238 e. The first-order valence-electron chi connectivity index (χ1n) is 6.24. The number of benzene rings is 1. The van der Waals surface area contributed by atoms with Gasteiger partial charge in [0, 0.05) is 18.6 Å². The second-order valence-corrected chi connectivity index (χ2v) is 5.85. The van der Waals surface area contributed by atoms with Crippen molar-refractivity contribution >= 4 is 33.4 Å². The molecule has 0 atom stereocenters. The zero-order valence-electron chi connectivity index (χ0n) is 12.2. The second kappa shape index (κ2) is 7.40. The molecule has 110 valence electrons. The monoisotopic (exact) mass is 341 g/mol. The molecule has 2 amide bonds. The summed E-state index contributed by atoms with van der Waals surface area (Å²) < 4.78 is 0.845. The zero-order valence-corrected chi connectivity index (χ0v) is 13.8. The Labute approximate surface area is 128 Å². The van der Waals surface area contributed by atoms with Crippen molar-refractivity contribution in [3.63, 3.8) is 0 Å². The summed E-state index contributed by atoms with van der Waals surface area (Å²) in [7, 11) is 5.13. The molecule has 20 heavy (non-hydrogen) atoms. The van der Waals surface area contributed by atoms with Crippen LogP contribution in [0.4, 0.5) is 5.69 Å². The number of carbonyl (C=O) groups is 2. The fraction of sp³-hybridized carbons (Fsp3) is 0.429. The Bertz CT molecular complexity index is 503. The lowest BCUT2D eigenvalue weighted by molar-refractivity contribution is -0.130. The molecule has 0 fully saturated rings. The van der Waals surface area contributed by atoms with Crippen molar-refractivity contribution in [2.75, 3.05) is 39.5 Å². The van der Waals surface area contributed by atoms with E-state index in [0.29, 0.717) is 0 Å². The van der Waals surface area contributed by atoms with Crippen LogP contribution in [-0.4, -0.2) is 55.8 Å². The van der Waals surface area contributed by atoms with E-state index in [2.05, 4.69) is 21.2 Å². The third-order valence-corrected chi connectivity index (χ3v) is 3.37. The van der Waals surface area contributed by atoms with Crippen molar-refractivity contribution in [1.82, 2.24) is 9.80 Å². The van der Waals surface area contributed by atoms with Gasteiger partial charge in [-0.2, -0.15) is 0 Å². The van der Waals surface area contributed by atoms with Gasteiger partial charge in [-0.3, -0.25) is 14.5 Å². The number of hydrogen-bond donors (Lipinski definition) is 1. The first-order valence-corrected chi connectivity index (χ1v) is 7.03. The Morgan fingerprint density at radius 1 is 1.20 bits per heavy atom. The van der Waals surface area contributed by atoms with Gasteiger partial charge in [0.15, 0.2) is 0 Å². The number of halogens is 1. The van der Waals surface area contributed by atoms with Gasteiger partial charge in [-0.25, -0.2) is 0 Å². The standard InChI is InChI=1S/C14H20BrN3O2/c1-10-5-6-12(11(15)7-10)16-13(19)8-18(4)9-14(20)17(2)3/h5-7H,8-9H2,1-4H3,(H,16,19). The molecule has 0 spiro atoms. The molecule has 0 saturated carbocycles. The van der Waals surface area contributed by atoms with E-state index in [-0.39, 0.29) is 24.9 Å². The highest BCUT2D eigenvalue weighted by Crippen LogP contribution is 2.23. The van der Waals surface area contributed by atoms with Crippen LogP contribution in [0.2, 0.25) is 0 Å². The van der Waals surface area contributed by atoms with E-state index in [0.717, 1.165) is 15.7 Å². The average molecular weight is 342 g/mol. The Morgan fingerprint density at radius 2 is 1.85 bits per heavy atom. The zero-order chi connectivity index (χ0) is 15.3. The third kappa shape index (κ3) is 5.30. The van der Waals surface area contributed by atoms with Gasteiger partial charge in [0.2, 0.25) is 11.8 Å². The molecule has 6 heteroatoms. The largest absolute Gasteiger partial charge is 0.348 e. The van der Waals surface area contributed by atoms with Gasteiger partial charge >= 0.3 is 0 Å². The summed E-state index contributed by atoms with van der Waals surface area (Å²) in [6.45, 7) is 2.37. The number of rotatable bonds is 5. The molecule has 1 rings (SSSR count). The van der Waals surface area contributed by atoms with Crippen molar-refractivity contribution in [3.8, 4) is 0 Å². The normalized spacial score (nSPS) is 10.5. The predicted molar refractivity (Wildman–Crippen MR) is 83.7 cm³/mol. The Kier molecular flexibility index (Phi) is 6.16. The molecule has 0 bridgehead atoms. The van der Waals surface area contributed by atoms with E-state index in [4.69, 9.17) is 0 Å². The maximum absolute atomic E-state index is 11.9. The summed E-state index contributed by atoms with van der Waals surface area (Å²) in [4.78, 5) is 26.6. The molecule has 0 aliphatic rings. The number of hydrogen-bond acceptors (Lipinski definition) is 3. The predicted octanol–water partition coefficient (Wildman–Crippen LogP) is 1.72. The molecule has 0 unspecified atom stereocenters. The molecule has 5 nitrogen and oxygen atoms in total. The fourth-order valence-electron chi connectivity index (χ4n) is 1.58. The minimum Gasteiger partial charge on any atom is -0.348 e. The number of amides is 2. The minimum absolute atomic E-state index is 0.0307. The highest BCUT2D eigenvalue weighted by molar-refractivity contribution is 9.10. The molecule has 0 saturated heterocycles. The molecule has 0 aliphatic carbocycles. The van der Waals surface area contributed by atoms with Crippen LogP contribution in [0, 0.1) is 6.92 Å². The molecular weight excluding hydrogens is 322 g/mol. The maximum atomic E-state index is 11.9. The average Bonchev–Trinajstić information content (AvgIpc) is 2.32. The summed E-state index contributed by atoms with van der Waals surface area (Å²) in [5.74, 6) is -0.180. The number of nitrogens with zero attached hydrogens (tertiary/aromatic N) is 2. The van der Waals surface area contributed by atoms with Crippen LogP contribution in [0.1, 0.15) is 5.56 Å². The molecule has 1 aromatic rings. The Morgan fingerprint density at radius 3 is 2.40 bits per heavy atom. The van der Waals surface area contributed by atoms with Crippen molar-refractivity contribution in [2.45, 2.75) is 6.92 Å². The summed E-state index contributed by atoms with van der Waals surface area (Å²) in [5, 5.41) is 2.82. The van der Waals surface area contributed by atoms with E-state index in [1.54, 1.807) is 26.0 Å². The van der Waals surface area contributed by atoms with Gasteiger partial charge < -0.3 is 10.2 Å². The van der Waals surface area contributed by atoms with Crippen LogP contribution < -0.4 is 5.32 Å². The molecule has 0 heterocycles. The smallest absolute Gasteiger partial charge is 0.238 e. The lowest BCUT2D eigenvalue weighted by Crippen LogP contribution is -2.38. The summed E-state index contributed by atoms with van der Waals surface area (Å²) in [6, 6.07) is 5.72. The van der Waals surface area contributed by atoms with E-state index < -0.39 is 0 Å². The van der Waals surface area contributed by atoms with Crippen molar-refractivity contribution < 1.29 is 9.59 Å². The van der Waals surface area contributed by atoms with Gasteiger partial charge in [0.05, 0.1) is 18.8 Å². The number of aryl methyl sites for hydroxylation is 1. The van der Waals surface area contributed by atoms with Crippen LogP contribution in [0.5, 0.6) is 0 Å². The summed E-state index contributed by atoms with van der Waals surface area (Å²) in [5.41, 5.74) is 1.84. The lowest BCUT2D eigenvalue weighted by Gasteiger charge is -2.18. The summed E-state index contributed by atoms with van der Waals surface area (Å²) in [6.07, 6.45) is 0. The van der Waals surface area contributed by atoms with E-state index in [1.165, 1.54) is 4.90 Å². The second-order valence-electron chi connectivity index (χ2n) is 4.99. The van der Waals surface area contributed by atoms with Gasteiger partial charge in [0.1, 0.15) is 0 Å². The molecule has 1 aromatic carbocycles. The SMILES string of the molecule is Cc1ccc(NC(=O)CN(C)CC(=O)N(C)C)c(Br)c1. The van der Waals surface area contributed by atoms with Gasteiger partial charge in [-0.1, -0.05) is 6.07 Å². The first kappa shape index (κ1) is 16.7. The first-order chi connectivity index (χ1) is 9.29. The highest BCUT2D eigenvalue weighted by Gasteiger charge is 2.12. The van der Waals surface area contributed by atoms with Gasteiger partial charge in [-0.15, -0.1) is 0 Å². The minimum atomic E-state index is -0.149. The van der Waals surface area contributed by atoms with Crippen LogP contribution >= 0.6 is 15.9 Å². The topological polar surface area (TPSA) is 52.7 Å². The molecule has 0 aromatic heterocycles.